The van der Waals surface area contributed by atoms with Gasteiger partial charge in [-0.2, -0.15) is 0 Å². The summed E-state index contributed by atoms with van der Waals surface area (Å²) in [7, 11) is 0. The largest absolute Gasteiger partial charge is 0.494 e. The van der Waals surface area contributed by atoms with Gasteiger partial charge < -0.3 is 20.8 Å². The van der Waals surface area contributed by atoms with Crippen molar-refractivity contribution < 1.29 is 4.74 Å². The van der Waals surface area contributed by atoms with Crippen LogP contribution in [0.3, 0.4) is 0 Å². The van der Waals surface area contributed by atoms with Crippen molar-refractivity contribution in [2.75, 3.05) is 18.1 Å². The number of nitrogen functional groups attached to an aromatic ring is 2. The summed E-state index contributed by atoms with van der Waals surface area (Å²) < 4.78 is 8.16. The molecule has 1 aromatic heterocycles. The summed E-state index contributed by atoms with van der Waals surface area (Å²) >= 11 is 0. The molecule has 0 spiro atoms. The average Bonchev–Trinajstić information content (AvgIpc) is 3.01. The maximum Gasteiger partial charge on any atom is 0.119 e. The number of fused-ring (bicyclic) bond motifs is 3. The normalized spacial score (nSPS) is 11.3. The highest BCUT2D eigenvalue weighted by Gasteiger charge is 2.12. The molecule has 1 heterocycles. The number of benzene rings is 3. The summed E-state index contributed by atoms with van der Waals surface area (Å²) in [5.74, 6) is 0.931. The Morgan fingerprint density at radius 3 is 1.97 bits per heavy atom. The first kappa shape index (κ1) is 19.2. The number of nitrogens with two attached hydrogens (primary N) is 2. The summed E-state index contributed by atoms with van der Waals surface area (Å²) in [5.41, 5.74) is 17.2. The number of hydrogen-bond donors (Lipinski definition) is 2. The Morgan fingerprint density at radius 1 is 0.759 bits per heavy atom. The molecule has 0 radical (unpaired) electrons. The van der Waals surface area contributed by atoms with Crippen LogP contribution in [0.5, 0.6) is 5.75 Å². The maximum atomic E-state index is 6.08. The lowest BCUT2D eigenvalue weighted by Gasteiger charge is -2.10. The highest BCUT2D eigenvalue weighted by molar-refractivity contribution is 6.09. The van der Waals surface area contributed by atoms with E-state index in [2.05, 4.69) is 47.9 Å². The van der Waals surface area contributed by atoms with E-state index in [4.69, 9.17) is 16.2 Å². The van der Waals surface area contributed by atoms with Crippen LogP contribution in [0.15, 0.2) is 60.7 Å². The highest BCUT2D eigenvalue weighted by Crippen LogP contribution is 2.32. The van der Waals surface area contributed by atoms with Gasteiger partial charge in [-0.3, -0.25) is 0 Å². The number of hydrogen-bond acceptors (Lipinski definition) is 3. The monoisotopic (exact) mass is 387 g/mol. The predicted octanol–water partition coefficient (Wildman–Crippen LogP) is 5.97. The number of rotatable bonds is 8. The molecule has 0 aliphatic carbocycles. The number of aromatic nitrogens is 1. The Bertz CT molecular complexity index is 1050. The second kappa shape index (κ2) is 8.48. The van der Waals surface area contributed by atoms with Crippen molar-refractivity contribution in [2.45, 2.75) is 39.2 Å². The molecule has 0 atom stereocenters. The van der Waals surface area contributed by atoms with Gasteiger partial charge in [-0.1, -0.05) is 50.5 Å². The van der Waals surface area contributed by atoms with E-state index in [0.29, 0.717) is 0 Å². The molecule has 3 aromatic carbocycles. The summed E-state index contributed by atoms with van der Waals surface area (Å²) in [6.45, 7) is 3.76. The first-order valence-electron chi connectivity index (χ1n) is 10.4. The summed E-state index contributed by atoms with van der Waals surface area (Å²) in [4.78, 5) is 0. The summed E-state index contributed by atoms with van der Waals surface area (Å²) in [5, 5.41) is 2.39. The van der Waals surface area contributed by atoms with Gasteiger partial charge in [0, 0.05) is 28.7 Å². The molecule has 0 fully saturated rings. The SMILES string of the molecule is CCCCCCOc1ccc(Cn2c3cc(N)ccc3c3ccc(N)cc32)cc1. The number of nitrogens with zero attached hydrogens (tertiary/aromatic N) is 1. The molecule has 0 unspecified atom stereocenters. The first-order chi connectivity index (χ1) is 14.2. The zero-order valence-electron chi connectivity index (χ0n) is 17.0. The third-order valence-electron chi connectivity index (χ3n) is 5.45. The van der Waals surface area contributed by atoms with Crippen molar-refractivity contribution in [1.82, 2.24) is 4.57 Å². The molecule has 150 valence electrons. The van der Waals surface area contributed by atoms with Crippen molar-refractivity contribution in [1.29, 1.82) is 0 Å². The van der Waals surface area contributed by atoms with Crippen LogP contribution in [-0.4, -0.2) is 11.2 Å². The Balaban J connectivity index is 1.58. The summed E-state index contributed by atoms with van der Waals surface area (Å²) in [6.07, 6.45) is 4.86. The number of anilines is 2. The van der Waals surface area contributed by atoms with Gasteiger partial charge in [0.05, 0.1) is 17.6 Å². The van der Waals surface area contributed by atoms with Gasteiger partial charge in [0.1, 0.15) is 5.75 Å². The van der Waals surface area contributed by atoms with E-state index in [1.807, 2.05) is 24.3 Å². The minimum absolute atomic E-state index is 0.754. The molecule has 4 nitrogen and oxygen atoms in total. The lowest BCUT2D eigenvalue weighted by molar-refractivity contribution is 0.305. The van der Waals surface area contributed by atoms with Crippen LogP contribution in [0.25, 0.3) is 21.8 Å². The van der Waals surface area contributed by atoms with Crippen LogP contribution >= 0.6 is 0 Å². The van der Waals surface area contributed by atoms with Gasteiger partial charge in [0.15, 0.2) is 0 Å². The van der Waals surface area contributed by atoms with Crippen molar-refractivity contribution in [3.63, 3.8) is 0 Å². The Kier molecular flexibility index (Phi) is 5.61. The van der Waals surface area contributed by atoms with Gasteiger partial charge in [0.25, 0.3) is 0 Å². The lowest BCUT2D eigenvalue weighted by atomic mass is 10.1. The second-order valence-electron chi connectivity index (χ2n) is 7.69. The third-order valence-corrected chi connectivity index (χ3v) is 5.45. The van der Waals surface area contributed by atoms with Gasteiger partial charge in [0.2, 0.25) is 0 Å². The zero-order valence-corrected chi connectivity index (χ0v) is 17.0. The van der Waals surface area contributed by atoms with Gasteiger partial charge >= 0.3 is 0 Å². The minimum Gasteiger partial charge on any atom is -0.494 e. The molecule has 0 bridgehead atoms. The molecular weight excluding hydrogens is 358 g/mol. The van der Waals surface area contributed by atoms with E-state index < -0.39 is 0 Å². The van der Waals surface area contributed by atoms with E-state index in [9.17, 15) is 0 Å². The topological polar surface area (TPSA) is 66.2 Å². The maximum absolute atomic E-state index is 6.08. The second-order valence-corrected chi connectivity index (χ2v) is 7.69. The van der Waals surface area contributed by atoms with E-state index in [1.54, 1.807) is 0 Å². The Morgan fingerprint density at radius 2 is 1.38 bits per heavy atom. The third kappa shape index (κ3) is 4.16. The molecule has 4 rings (SSSR count). The molecule has 0 aliphatic heterocycles. The van der Waals surface area contributed by atoms with Crippen molar-refractivity contribution in [2.24, 2.45) is 0 Å². The molecule has 29 heavy (non-hydrogen) atoms. The van der Waals surface area contributed by atoms with Crippen LogP contribution in [0.4, 0.5) is 11.4 Å². The smallest absolute Gasteiger partial charge is 0.119 e. The van der Waals surface area contributed by atoms with Crippen LogP contribution in [-0.2, 0) is 6.54 Å². The fourth-order valence-electron chi connectivity index (χ4n) is 3.89. The summed E-state index contributed by atoms with van der Waals surface area (Å²) in [6, 6.07) is 20.6. The van der Waals surface area contributed by atoms with E-state index >= 15 is 0 Å². The first-order valence-corrected chi connectivity index (χ1v) is 10.4. The predicted molar refractivity (Wildman–Crippen MR) is 123 cm³/mol. The van der Waals surface area contributed by atoms with Gasteiger partial charge in [-0.05, 0) is 48.4 Å². The molecule has 0 saturated heterocycles. The lowest BCUT2D eigenvalue weighted by Crippen LogP contribution is -2.01. The number of unbranched alkanes of at least 4 members (excludes halogenated alkanes) is 3. The van der Waals surface area contributed by atoms with Crippen LogP contribution in [0.1, 0.15) is 38.2 Å². The molecule has 0 saturated carbocycles. The molecule has 4 N–H and O–H groups in total. The molecule has 0 amide bonds. The van der Waals surface area contributed by atoms with Crippen LogP contribution < -0.4 is 16.2 Å². The van der Waals surface area contributed by atoms with E-state index in [-0.39, 0.29) is 0 Å². The highest BCUT2D eigenvalue weighted by atomic mass is 16.5. The fraction of sp³-hybridized carbons (Fsp3) is 0.280. The standard InChI is InChI=1S/C25H29N3O/c1-2-3-4-5-14-29-21-10-6-18(7-11-21)17-28-24-15-19(26)8-12-22(24)23-13-9-20(27)16-25(23)28/h6-13,15-16H,2-5,14,17,26-27H2,1H3. The zero-order chi connectivity index (χ0) is 20.2. The molecule has 4 heteroatoms. The van der Waals surface area contributed by atoms with Crippen molar-refractivity contribution in [3.05, 3.63) is 66.2 Å². The quantitative estimate of drug-likeness (QED) is 0.289. The van der Waals surface area contributed by atoms with Crippen LogP contribution in [0, 0.1) is 0 Å². The molecule has 4 aromatic rings. The van der Waals surface area contributed by atoms with Gasteiger partial charge in [-0.15, -0.1) is 0 Å². The van der Waals surface area contributed by atoms with E-state index in [1.165, 1.54) is 35.6 Å². The minimum atomic E-state index is 0.754. The van der Waals surface area contributed by atoms with Gasteiger partial charge in [-0.25, -0.2) is 0 Å². The average molecular weight is 388 g/mol. The van der Waals surface area contributed by atoms with Crippen LogP contribution in [0.2, 0.25) is 0 Å². The molecule has 0 aliphatic rings. The fourth-order valence-corrected chi connectivity index (χ4v) is 3.89. The van der Waals surface area contributed by atoms with Crippen molar-refractivity contribution >= 4 is 33.2 Å². The molecular formula is C25H29N3O. The number of ether oxygens (including phenoxy) is 1. The van der Waals surface area contributed by atoms with E-state index in [0.717, 1.165) is 47.7 Å². The Labute approximate surface area is 172 Å². The Hall–Kier alpha value is -3.14. The van der Waals surface area contributed by atoms with Crippen molar-refractivity contribution in [3.8, 4) is 5.75 Å².